The molecule has 0 saturated carbocycles. The Morgan fingerprint density at radius 3 is 2.04 bits per heavy atom. The summed E-state index contributed by atoms with van der Waals surface area (Å²) < 4.78 is 0. The Hall–Kier alpha value is -3.91. The smallest absolute Gasteiger partial charge is 0.255 e. The molecule has 5 nitrogen and oxygen atoms in total. The highest BCUT2D eigenvalue weighted by Crippen LogP contribution is 2.16. The van der Waals surface area contributed by atoms with Crippen molar-refractivity contribution in [2.45, 2.75) is 13.0 Å². The summed E-state index contributed by atoms with van der Waals surface area (Å²) in [5.74, 6) is -0.551. The number of nitrogens with zero attached hydrogens (tertiary/aromatic N) is 1. The van der Waals surface area contributed by atoms with Crippen molar-refractivity contribution in [3.05, 3.63) is 101 Å². The highest BCUT2D eigenvalue weighted by Gasteiger charge is 2.13. The molecule has 3 aromatic rings. The SMILES string of the molecule is CC(NC(=O)c1ccc(C(=O)Nc2ccccc2C#N)cc1)c1ccccc1. The van der Waals surface area contributed by atoms with Crippen molar-refractivity contribution in [2.75, 3.05) is 5.32 Å². The fraction of sp³-hybridized carbons (Fsp3) is 0.0870. The molecule has 138 valence electrons. The van der Waals surface area contributed by atoms with E-state index < -0.39 is 0 Å². The Labute approximate surface area is 163 Å². The number of para-hydroxylation sites is 1. The van der Waals surface area contributed by atoms with Gasteiger partial charge in [0.25, 0.3) is 11.8 Å². The van der Waals surface area contributed by atoms with Crippen LogP contribution in [0.5, 0.6) is 0 Å². The van der Waals surface area contributed by atoms with Crippen LogP contribution in [0.15, 0.2) is 78.9 Å². The monoisotopic (exact) mass is 369 g/mol. The molecule has 5 heteroatoms. The topological polar surface area (TPSA) is 82.0 Å². The van der Waals surface area contributed by atoms with Crippen molar-refractivity contribution in [1.29, 1.82) is 5.26 Å². The van der Waals surface area contributed by atoms with E-state index in [2.05, 4.69) is 10.6 Å². The van der Waals surface area contributed by atoms with Gasteiger partial charge in [-0.2, -0.15) is 5.26 Å². The molecule has 0 fully saturated rings. The Bertz CT molecular complexity index is 1020. The van der Waals surface area contributed by atoms with Crippen LogP contribution in [0.1, 0.15) is 44.8 Å². The second-order valence-electron chi connectivity index (χ2n) is 6.29. The Kier molecular flexibility index (Phi) is 5.83. The number of hydrogen-bond acceptors (Lipinski definition) is 3. The van der Waals surface area contributed by atoms with Crippen LogP contribution < -0.4 is 10.6 Å². The molecule has 0 aliphatic heterocycles. The van der Waals surface area contributed by atoms with E-state index in [1.54, 1.807) is 48.5 Å². The van der Waals surface area contributed by atoms with Gasteiger partial charge in [0, 0.05) is 11.1 Å². The predicted molar refractivity (Wildman–Crippen MR) is 108 cm³/mol. The molecule has 3 rings (SSSR count). The summed E-state index contributed by atoms with van der Waals surface area (Å²) >= 11 is 0. The highest BCUT2D eigenvalue weighted by molar-refractivity contribution is 6.05. The lowest BCUT2D eigenvalue weighted by Gasteiger charge is -2.14. The minimum atomic E-state index is -0.340. The summed E-state index contributed by atoms with van der Waals surface area (Å²) in [4.78, 5) is 24.8. The summed E-state index contributed by atoms with van der Waals surface area (Å²) in [5, 5.41) is 14.8. The van der Waals surface area contributed by atoms with Crippen molar-refractivity contribution >= 4 is 17.5 Å². The molecule has 3 aromatic carbocycles. The standard InChI is InChI=1S/C23H19N3O2/c1-16(17-7-3-2-4-8-17)25-22(27)18-11-13-19(14-12-18)23(28)26-21-10-6-5-9-20(21)15-24/h2-14,16H,1H3,(H,25,27)(H,26,28). The van der Waals surface area contributed by atoms with Crippen molar-refractivity contribution in [1.82, 2.24) is 5.32 Å². The summed E-state index contributed by atoms with van der Waals surface area (Å²) in [7, 11) is 0. The van der Waals surface area contributed by atoms with E-state index in [1.165, 1.54) is 0 Å². The number of carbonyl (C=O) groups is 2. The molecule has 0 aromatic heterocycles. The Morgan fingerprint density at radius 1 is 0.821 bits per heavy atom. The van der Waals surface area contributed by atoms with E-state index in [-0.39, 0.29) is 17.9 Å². The molecular formula is C23H19N3O2. The fourth-order valence-corrected chi connectivity index (χ4v) is 2.76. The average molecular weight is 369 g/mol. The molecule has 0 aliphatic rings. The zero-order valence-corrected chi connectivity index (χ0v) is 15.3. The van der Waals surface area contributed by atoms with Crippen molar-refractivity contribution < 1.29 is 9.59 Å². The maximum Gasteiger partial charge on any atom is 0.255 e. The molecule has 28 heavy (non-hydrogen) atoms. The number of anilines is 1. The van der Waals surface area contributed by atoms with Gasteiger partial charge in [-0.3, -0.25) is 9.59 Å². The number of nitriles is 1. The average Bonchev–Trinajstić information content (AvgIpc) is 2.74. The summed E-state index contributed by atoms with van der Waals surface area (Å²) in [6.07, 6.45) is 0. The number of hydrogen-bond donors (Lipinski definition) is 2. The maximum absolute atomic E-state index is 12.4. The summed E-state index contributed by atoms with van der Waals surface area (Å²) in [6, 6.07) is 24.8. The van der Waals surface area contributed by atoms with E-state index >= 15 is 0 Å². The third kappa shape index (κ3) is 4.43. The van der Waals surface area contributed by atoms with E-state index in [4.69, 9.17) is 5.26 Å². The summed E-state index contributed by atoms with van der Waals surface area (Å²) in [5.41, 5.74) is 2.73. The van der Waals surface area contributed by atoms with Crippen LogP contribution in [0.25, 0.3) is 0 Å². The van der Waals surface area contributed by atoms with Crippen molar-refractivity contribution in [2.24, 2.45) is 0 Å². The van der Waals surface area contributed by atoms with E-state index in [0.29, 0.717) is 22.4 Å². The van der Waals surface area contributed by atoms with Gasteiger partial charge >= 0.3 is 0 Å². The van der Waals surface area contributed by atoms with Gasteiger partial charge in [0.1, 0.15) is 6.07 Å². The van der Waals surface area contributed by atoms with E-state index in [0.717, 1.165) is 5.56 Å². The molecule has 0 saturated heterocycles. The van der Waals surface area contributed by atoms with E-state index in [9.17, 15) is 9.59 Å². The minimum Gasteiger partial charge on any atom is -0.346 e. The largest absolute Gasteiger partial charge is 0.346 e. The zero-order chi connectivity index (χ0) is 19.9. The first-order chi connectivity index (χ1) is 13.6. The predicted octanol–water partition coefficient (Wildman–Crippen LogP) is 4.30. The number of rotatable bonds is 5. The van der Waals surface area contributed by atoms with Crippen LogP contribution in [0.2, 0.25) is 0 Å². The molecule has 0 spiro atoms. The first kappa shape index (κ1) is 18.9. The van der Waals surface area contributed by atoms with Crippen LogP contribution in [-0.4, -0.2) is 11.8 Å². The molecular weight excluding hydrogens is 350 g/mol. The minimum absolute atomic E-state index is 0.126. The van der Waals surface area contributed by atoms with Crippen LogP contribution >= 0.6 is 0 Å². The van der Waals surface area contributed by atoms with Gasteiger partial charge in [-0.05, 0) is 48.9 Å². The molecule has 0 radical (unpaired) electrons. The van der Waals surface area contributed by atoms with Gasteiger partial charge in [0.15, 0.2) is 0 Å². The number of amides is 2. The molecule has 1 atom stereocenters. The lowest BCUT2D eigenvalue weighted by molar-refractivity contribution is 0.0938. The Balaban J connectivity index is 1.66. The van der Waals surface area contributed by atoms with Crippen molar-refractivity contribution in [3.63, 3.8) is 0 Å². The third-order valence-electron chi connectivity index (χ3n) is 4.35. The second kappa shape index (κ2) is 8.65. The van der Waals surface area contributed by atoms with Gasteiger partial charge in [-0.1, -0.05) is 42.5 Å². The highest BCUT2D eigenvalue weighted by atomic mass is 16.2. The van der Waals surface area contributed by atoms with Gasteiger partial charge in [-0.25, -0.2) is 0 Å². The van der Waals surface area contributed by atoms with Crippen LogP contribution in [0.4, 0.5) is 5.69 Å². The lowest BCUT2D eigenvalue weighted by Crippen LogP contribution is -2.26. The fourth-order valence-electron chi connectivity index (χ4n) is 2.76. The Morgan fingerprint density at radius 2 is 1.39 bits per heavy atom. The molecule has 0 heterocycles. The zero-order valence-electron chi connectivity index (χ0n) is 15.3. The molecule has 2 N–H and O–H groups in total. The first-order valence-electron chi connectivity index (χ1n) is 8.85. The van der Waals surface area contributed by atoms with Crippen LogP contribution in [-0.2, 0) is 0 Å². The lowest BCUT2D eigenvalue weighted by atomic mass is 10.1. The molecule has 1 unspecified atom stereocenters. The van der Waals surface area contributed by atoms with Crippen molar-refractivity contribution in [3.8, 4) is 6.07 Å². The van der Waals surface area contributed by atoms with Gasteiger partial charge in [0.05, 0.1) is 17.3 Å². The van der Waals surface area contributed by atoms with Gasteiger partial charge in [0.2, 0.25) is 0 Å². The first-order valence-corrected chi connectivity index (χ1v) is 8.85. The molecule has 2 amide bonds. The van der Waals surface area contributed by atoms with Crippen LogP contribution in [0.3, 0.4) is 0 Å². The quantitative estimate of drug-likeness (QED) is 0.703. The number of nitrogens with one attached hydrogen (secondary N) is 2. The number of benzene rings is 3. The van der Waals surface area contributed by atoms with Gasteiger partial charge < -0.3 is 10.6 Å². The van der Waals surface area contributed by atoms with E-state index in [1.807, 2.05) is 43.3 Å². The van der Waals surface area contributed by atoms with Gasteiger partial charge in [-0.15, -0.1) is 0 Å². The number of carbonyl (C=O) groups excluding carboxylic acids is 2. The third-order valence-corrected chi connectivity index (χ3v) is 4.35. The molecule has 0 bridgehead atoms. The molecule has 0 aliphatic carbocycles. The second-order valence-corrected chi connectivity index (χ2v) is 6.29. The normalized spacial score (nSPS) is 11.1. The summed E-state index contributed by atoms with van der Waals surface area (Å²) in [6.45, 7) is 1.92. The van der Waals surface area contributed by atoms with Crippen LogP contribution in [0, 0.1) is 11.3 Å². The maximum atomic E-state index is 12.4.